The lowest BCUT2D eigenvalue weighted by Gasteiger charge is -2.40. The number of hydrogen-bond donors (Lipinski definition) is 2. The maximum Gasteiger partial charge on any atom is 0.278 e. The first kappa shape index (κ1) is 36.2. The van der Waals surface area contributed by atoms with Gasteiger partial charge in [-0.2, -0.15) is 0 Å². The maximum atomic E-state index is 12.9. The Morgan fingerprint density at radius 2 is 1.00 bits per heavy atom. The van der Waals surface area contributed by atoms with Crippen molar-refractivity contribution in [2.24, 2.45) is 0 Å². The van der Waals surface area contributed by atoms with Crippen LogP contribution in [0.5, 0.6) is 0 Å². The van der Waals surface area contributed by atoms with Gasteiger partial charge in [0.25, 0.3) is 5.56 Å². The molecule has 9 heteroatoms. The van der Waals surface area contributed by atoms with Gasteiger partial charge in [0.05, 0.1) is 19.3 Å². The number of hydrogen-bond acceptors (Lipinski definition) is 7. The van der Waals surface area contributed by atoms with E-state index in [-0.39, 0.29) is 17.7 Å². The third-order valence-electron chi connectivity index (χ3n) is 10.8. The number of imidazole rings is 1. The van der Waals surface area contributed by atoms with Crippen LogP contribution in [0, 0.1) is 0 Å². The summed E-state index contributed by atoms with van der Waals surface area (Å²) in [6.07, 6.45) is -1.30. The van der Waals surface area contributed by atoms with E-state index < -0.39 is 35.7 Å². The lowest BCUT2D eigenvalue weighted by molar-refractivity contribution is -0.122. The highest BCUT2D eigenvalue weighted by Crippen LogP contribution is 2.47. The Bertz CT molecular complexity index is 2400. The summed E-state index contributed by atoms with van der Waals surface area (Å²) in [5, 5.41) is 12.7. The van der Waals surface area contributed by atoms with E-state index >= 15 is 0 Å². The molecule has 1 fully saturated rings. The highest BCUT2D eigenvalue weighted by atomic mass is 16.6. The molecule has 1 aliphatic heterocycles. The number of nitrogens with one attached hydrogen (secondary N) is 1. The summed E-state index contributed by atoms with van der Waals surface area (Å²) in [6.45, 7) is -0.0359. The molecular formula is C48H40N4O5. The minimum absolute atomic E-state index is 0.0359. The Balaban J connectivity index is 1.19. The first-order valence-electron chi connectivity index (χ1n) is 19.0. The average molecular weight is 753 g/mol. The van der Waals surface area contributed by atoms with Gasteiger partial charge in [-0.15, -0.1) is 0 Å². The van der Waals surface area contributed by atoms with E-state index in [2.05, 4.69) is 51.4 Å². The fraction of sp³-hybridized carbons (Fsp3) is 0.146. The van der Waals surface area contributed by atoms with E-state index in [4.69, 9.17) is 14.2 Å². The molecule has 0 unspecified atom stereocenters. The Kier molecular flexibility index (Phi) is 9.88. The number of fused-ring (bicyclic) bond motifs is 1. The second kappa shape index (κ2) is 15.6. The number of aromatic amines is 1. The molecule has 2 N–H and O–H groups in total. The highest BCUT2D eigenvalue weighted by Gasteiger charge is 2.52. The predicted octanol–water partition coefficient (Wildman–Crippen LogP) is 7.76. The van der Waals surface area contributed by atoms with Crippen molar-refractivity contribution in [1.29, 1.82) is 0 Å². The lowest BCUT2D eigenvalue weighted by Crippen LogP contribution is -2.45. The standard InChI is InChI=1S/C48H40N4O5/c53-42-40(31-55-47(34-19-7-1-8-20-34,35-21-9-2-10-22-35)36-23-11-3-12-24-36)56-46(52-33-51-41-44(52)49-32-50-45(41)54)43(42)57-48(37-25-13-4-14-26-37,38-27-15-5-16-28-38)39-29-17-6-18-30-39/h1-30,32-33,40,42-43,46,53H,31H2,(H,49,50,54)/t40-,42-,43-,46-/m1/s1. The van der Waals surface area contributed by atoms with Crippen molar-refractivity contribution in [3.05, 3.63) is 238 Å². The largest absolute Gasteiger partial charge is 0.387 e. The number of aromatic nitrogens is 4. The van der Waals surface area contributed by atoms with Crippen LogP contribution in [-0.2, 0) is 25.4 Å². The summed E-state index contributed by atoms with van der Waals surface area (Å²) in [4.78, 5) is 24.4. The van der Waals surface area contributed by atoms with Gasteiger partial charge in [0.2, 0.25) is 0 Å². The summed E-state index contributed by atoms with van der Waals surface area (Å²) >= 11 is 0. The normalized spacial score (nSPS) is 18.5. The smallest absolute Gasteiger partial charge is 0.278 e. The van der Waals surface area contributed by atoms with Gasteiger partial charge < -0.3 is 24.3 Å². The van der Waals surface area contributed by atoms with Gasteiger partial charge in [0, 0.05) is 0 Å². The quantitative estimate of drug-likeness (QED) is 0.123. The maximum absolute atomic E-state index is 12.9. The highest BCUT2D eigenvalue weighted by molar-refractivity contribution is 5.69. The molecular weight excluding hydrogens is 713 g/mol. The SMILES string of the molecule is O=c1[nH]cnc2c1ncn2[C@@H]1O[C@H](COC(c2ccccc2)(c2ccccc2)c2ccccc2)[C@@H](O)[C@H]1OC(c1ccccc1)(c1ccccc1)c1ccccc1. The van der Waals surface area contributed by atoms with Crippen LogP contribution in [0.4, 0.5) is 0 Å². The molecule has 1 aliphatic rings. The lowest BCUT2D eigenvalue weighted by atomic mass is 9.79. The van der Waals surface area contributed by atoms with Crippen LogP contribution in [-0.4, -0.2) is 49.5 Å². The molecule has 0 aliphatic carbocycles. The molecule has 3 heterocycles. The third kappa shape index (κ3) is 6.46. The zero-order valence-corrected chi connectivity index (χ0v) is 30.9. The van der Waals surface area contributed by atoms with Gasteiger partial charge in [-0.1, -0.05) is 182 Å². The molecule has 9 nitrogen and oxygen atoms in total. The molecule has 57 heavy (non-hydrogen) atoms. The molecule has 6 aromatic carbocycles. The Morgan fingerprint density at radius 1 is 0.596 bits per heavy atom. The number of H-pyrrole nitrogens is 1. The van der Waals surface area contributed by atoms with E-state index in [0.29, 0.717) is 5.65 Å². The molecule has 0 radical (unpaired) electrons. The average Bonchev–Trinajstić information content (AvgIpc) is 3.85. The first-order chi connectivity index (χ1) is 28.1. The molecule has 4 atom stereocenters. The van der Waals surface area contributed by atoms with Crippen molar-refractivity contribution in [3.8, 4) is 0 Å². The number of aliphatic hydroxyl groups excluding tert-OH is 1. The predicted molar refractivity (Wildman–Crippen MR) is 217 cm³/mol. The fourth-order valence-corrected chi connectivity index (χ4v) is 8.16. The second-order valence-electron chi connectivity index (χ2n) is 14.1. The van der Waals surface area contributed by atoms with Crippen molar-refractivity contribution in [2.75, 3.05) is 6.61 Å². The summed E-state index contributed by atoms with van der Waals surface area (Å²) in [5.41, 5.74) is 3.08. The molecule has 0 spiro atoms. The molecule has 0 amide bonds. The summed E-state index contributed by atoms with van der Waals surface area (Å²) in [5.74, 6) is 0. The molecule has 2 aromatic heterocycles. The van der Waals surface area contributed by atoms with Gasteiger partial charge in [0.1, 0.15) is 29.5 Å². The Morgan fingerprint density at radius 3 is 1.42 bits per heavy atom. The molecule has 0 bridgehead atoms. The molecule has 9 rings (SSSR count). The molecule has 0 saturated carbocycles. The van der Waals surface area contributed by atoms with Crippen LogP contribution in [0.3, 0.4) is 0 Å². The van der Waals surface area contributed by atoms with E-state index in [0.717, 1.165) is 33.4 Å². The summed E-state index contributed by atoms with van der Waals surface area (Å²) in [7, 11) is 0. The van der Waals surface area contributed by atoms with Gasteiger partial charge in [0.15, 0.2) is 17.4 Å². The zero-order valence-electron chi connectivity index (χ0n) is 30.9. The van der Waals surface area contributed by atoms with E-state index in [1.54, 1.807) is 4.57 Å². The fourth-order valence-electron chi connectivity index (χ4n) is 8.16. The van der Waals surface area contributed by atoms with Crippen LogP contribution in [0.15, 0.2) is 199 Å². The van der Waals surface area contributed by atoms with Crippen molar-refractivity contribution < 1.29 is 19.3 Å². The second-order valence-corrected chi connectivity index (χ2v) is 14.1. The third-order valence-corrected chi connectivity index (χ3v) is 10.8. The topological polar surface area (TPSA) is 111 Å². The Labute approximate surface area is 329 Å². The van der Waals surface area contributed by atoms with E-state index in [1.165, 1.54) is 12.7 Å². The summed E-state index contributed by atoms with van der Waals surface area (Å²) < 4.78 is 23.3. The minimum Gasteiger partial charge on any atom is -0.387 e. The van der Waals surface area contributed by atoms with Crippen LogP contribution in [0.2, 0.25) is 0 Å². The van der Waals surface area contributed by atoms with Gasteiger partial charge in [-0.3, -0.25) is 9.36 Å². The number of rotatable bonds is 12. The van der Waals surface area contributed by atoms with E-state index in [1.807, 2.05) is 146 Å². The van der Waals surface area contributed by atoms with Crippen molar-refractivity contribution in [3.63, 3.8) is 0 Å². The monoisotopic (exact) mass is 752 g/mol. The first-order valence-corrected chi connectivity index (χ1v) is 19.0. The minimum atomic E-state index is -1.23. The van der Waals surface area contributed by atoms with Gasteiger partial charge in [-0.05, 0) is 33.4 Å². The molecule has 1 saturated heterocycles. The van der Waals surface area contributed by atoms with Gasteiger partial charge in [-0.25, -0.2) is 9.97 Å². The zero-order chi connectivity index (χ0) is 38.7. The molecule has 8 aromatic rings. The number of aliphatic hydroxyl groups is 1. The number of ether oxygens (including phenoxy) is 3. The van der Waals surface area contributed by atoms with Crippen molar-refractivity contribution in [1.82, 2.24) is 19.5 Å². The van der Waals surface area contributed by atoms with E-state index in [9.17, 15) is 9.90 Å². The van der Waals surface area contributed by atoms with Gasteiger partial charge >= 0.3 is 0 Å². The van der Waals surface area contributed by atoms with Crippen LogP contribution >= 0.6 is 0 Å². The number of nitrogens with zero attached hydrogens (tertiary/aromatic N) is 3. The van der Waals surface area contributed by atoms with Crippen LogP contribution in [0.25, 0.3) is 11.2 Å². The van der Waals surface area contributed by atoms with Crippen LogP contribution in [0.1, 0.15) is 39.6 Å². The van der Waals surface area contributed by atoms with Crippen molar-refractivity contribution in [2.45, 2.75) is 35.7 Å². The Hall–Kier alpha value is -6.49. The van der Waals surface area contributed by atoms with Crippen molar-refractivity contribution >= 4 is 11.2 Å². The summed E-state index contributed by atoms with van der Waals surface area (Å²) in [6, 6.07) is 60.1. The van der Waals surface area contributed by atoms with Crippen LogP contribution < -0.4 is 5.56 Å². The molecule has 282 valence electrons. The number of benzene rings is 6.